The molecule has 2 N–H and O–H groups in total. The summed E-state index contributed by atoms with van der Waals surface area (Å²) in [5, 5.41) is 7.47. The number of guanidine groups is 1. The monoisotopic (exact) mass is 367 g/mol. The molecule has 0 aliphatic carbocycles. The molecule has 26 heavy (non-hydrogen) atoms. The molecule has 6 heteroatoms. The molecule has 1 heterocycles. The van der Waals surface area contributed by atoms with Gasteiger partial charge in [0.2, 0.25) is 0 Å². The molecular formula is C20H22ClN5. The van der Waals surface area contributed by atoms with Crippen LogP contribution in [0.25, 0.3) is 5.69 Å². The Bertz CT molecular complexity index is 858. The molecular weight excluding hydrogens is 346 g/mol. The number of benzene rings is 2. The Morgan fingerprint density at radius 2 is 2.04 bits per heavy atom. The van der Waals surface area contributed by atoms with Crippen LogP contribution in [0.4, 0.5) is 0 Å². The smallest absolute Gasteiger partial charge is 0.191 e. The van der Waals surface area contributed by atoms with Gasteiger partial charge in [-0.15, -0.1) is 0 Å². The molecule has 0 spiro atoms. The van der Waals surface area contributed by atoms with Gasteiger partial charge in [-0.3, -0.25) is 4.99 Å². The lowest BCUT2D eigenvalue weighted by atomic mass is 10.1. The van der Waals surface area contributed by atoms with Crippen molar-refractivity contribution in [3.63, 3.8) is 0 Å². The van der Waals surface area contributed by atoms with E-state index in [4.69, 9.17) is 11.6 Å². The van der Waals surface area contributed by atoms with Gasteiger partial charge >= 0.3 is 0 Å². The molecule has 0 bridgehead atoms. The van der Waals surface area contributed by atoms with Crippen molar-refractivity contribution in [3.05, 3.63) is 83.4 Å². The second kappa shape index (κ2) is 9.06. The Labute approximate surface area is 158 Å². The zero-order valence-corrected chi connectivity index (χ0v) is 15.4. The molecule has 3 aromatic rings. The van der Waals surface area contributed by atoms with Crippen LogP contribution < -0.4 is 10.6 Å². The van der Waals surface area contributed by atoms with Crippen LogP contribution in [0.5, 0.6) is 0 Å². The molecule has 0 radical (unpaired) electrons. The molecule has 3 rings (SSSR count). The van der Waals surface area contributed by atoms with Gasteiger partial charge in [0.1, 0.15) is 0 Å². The molecule has 0 aliphatic rings. The highest BCUT2D eigenvalue weighted by Crippen LogP contribution is 2.14. The molecule has 0 aliphatic heterocycles. The Hall–Kier alpha value is -2.79. The first-order valence-electron chi connectivity index (χ1n) is 8.51. The number of rotatable bonds is 6. The fraction of sp³-hybridized carbons (Fsp3) is 0.200. The minimum atomic E-state index is 0.672. The quantitative estimate of drug-likeness (QED) is 0.518. The van der Waals surface area contributed by atoms with E-state index in [0.29, 0.717) is 6.54 Å². The fourth-order valence-corrected chi connectivity index (χ4v) is 2.94. The van der Waals surface area contributed by atoms with Crippen LogP contribution in [0.2, 0.25) is 5.02 Å². The summed E-state index contributed by atoms with van der Waals surface area (Å²) in [6.45, 7) is 1.45. The van der Waals surface area contributed by atoms with Crippen LogP contribution in [0, 0.1) is 0 Å². The maximum absolute atomic E-state index is 6.03. The second-order valence-corrected chi connectivity index (χ2v) is 6.27. The summed E-state index contributed by atoms with van der Waals surface area (Å²) in [5.74, 6) is 0.771. The van der Waals surface area contributed by atoms with E-state index in [-0.39, 0.29) is 0 Å². The SMILES string of the molecule is CN=C(NCCc1cccc(Cl)c1)NCc1ccccc1-n1ccnc1. The van der Waals surface area contributed by atoms with Gasteiger partial charge in [0, 0.05) is 37.6 Å². The Morgan fingerprint density at radius 3 is 2.81 bits per heavy atom. The van der Waals surface area contributed by atoms with Crippen molar-refractivity contribution in [2.45, 2.75) is 13.0 Å². The van der Waals surface area contributed by atoms with E-state index in [1.165, 1.54) is 11.1 Å². The van der Waals surface area contributed by atoms with Crippen LogP contribution in [-0.4, -0.2) is 29.1 Å². The number of nitrogens with one attached hydrogen (secondary N) is 2. The van der Waals surface area contributed by atoms with Gasteiger partial charge in [0.15, 0.2) is 5.96 Å². The highest BCUT2D eigenvalue weighted by molar-refractivity contribution is 6.30. The summed E-state index contributed by atoms with van der Waals surface area (Å²) in [5.41, 5.74) is 3.47. The van der Waals surface area contributed by atoms with Crippen molar-refractivity contribution in [3.8, 4) is 5.69 Å². The maximum Gasteiger partial charge on any atom is 0.191 e. The van der Waals surface area contributed by atoms with Crippen molar-refractivity contribution in [2.75, 3.05) is 13.6 Å². The molecule has 1 aromatic heterocycles. The third-order valence-electron chi connectivity index (χ3n) is 4.04. The number of para-hydroxylation sites is 1. The summed E-state index contributed by atoms with van der Waals surface area (Å²) < 4.78 is 2.01. The molecule has 0 unspecified atom stereocenters. The number of aliphatic imine (C=N–C) groups is 1. The van der Waals surface area contributed by atoms with Gasteiger partial charge in [-0.2, -0.15) is 0 Å². The molecule has 0 amide bonds. The number of aromatic nitrogens is 2. The van der Waals surface area contributed by atoms with E-state index in [0.717, 1.165) is 29.6 Å². The maximum atomic E-state index is 6.03. The minimum Gasteiger partial charge on any atom is -0.356 e. The zero-order chi connectivity index (χ0) is 18.2. The van der Waals surface area contributed by atoms with Crippen LogP contribution in [-0.2, 0) is 13.0 Å². The van der Waals surface area contributed by atoms with E-state index < -0.39 is 0 Å². The Kier molecular flexibility index (Phi) is 6.28. The van der Waals surface area contributed by atoms with Gasteiger partial charge in [0.05, 0.1) is 12.0 Å². The number of hydrogen-bond donors (Lipinski definition) is 2. The number of nitrogens with zero attached hydrogens (tertiary/aromatic N) is 3. The third-order valence-corrected chi connectivity index (χ3v) is 4.27. The standard InChI is InChI=1S/C20H22ClN5/c1-22-20(24-10-9-16-5-4-7-18(21)13-16)25-14-17-6-2-3-8-19(17)26-12-11-23-15-26/h2-8,11-13,15H,9-10,14H2,1H3,(H2,22,24,25). The highest BCUT2D eigenvalue weighted by Gasteiger charge is 2.05. The third kappa shape index (κ3) is 4.86. The summed E-state index contributed by atoms with van der Waals surface area (Å²) in [7, 11) is 1.77. The fourth-order valence-electron chi connectivity index (χ4n) is 2.73. The van der Waals surface area contributed by atoms with Gasteiger partial charge in [-0.25, -0.2) is 4.98 Å². The van der Waals surface area contributed by atoms with E-state index >= 15 is 0 Å². The van der Waals surface area contributed by atoms with Crippen molar-refractivity contribution < 1.29 is 0 Å². The van der Waals surface area contributed by atoms with Gasteiger partial charge in [-0.05, 0) is 35.7 Å². The van der Waals surface area contributed by atoms with E-state index in [1.54, 1.807) is 19.6 Å². The summed E-state index contributed by atoms with van der Waals surface area (Å²) in [4.78, 5) is 8.42. The number of halogens is 1. The first kappa shape index (κ1) is 18.0. The van der Waals surface area contributed by atoms with E-state index in [1.807, 2.05) is 41.1 Å². The second-order valence-electron chi connectivity index (χ2n) is 5.83. The number of imidazole rings is 1. The van der Waals surface area contributed by atoms with Gasteiger partial charge in [-0.1, -0.05) is 41.9 Å². The largest absolute Gasteiger partial charge is 0.356 e. The molecule has 0 saturated heterocycles. The summed E-state index contributed by atoms with van der Waals surface area (Å²) in [6, 6.07) is 16.2. The first-order valence-corrected chi connectivity index (χ1v) is 8.89. The highest BCUT2D eigenvalue weighted by atomic mass is 35.5. The predicted molar refractivity (Wildman–Crippen MR) is 107 cm³/mol. The molecule has 0 saturated carbocycles. The lowest BCUT2D eigenvalue weighted by Gasteiger charge is -2.14. The normalized spacial score (nSPS) is 11.4. The summed E-state index contributed by atoms with van der Waals surface area (Å²) >= 11 is 6.03. The topological polar surface area (TPSA) is 54.2 Å². The molecule has 134 valence electrons. The lowest BCUT2D eigenvalue weighted by molar-refractivity contribution is 0.791. The van der Waals surface area contributed by atoms with Crippen LogP contribution in [0.3, 0.4) is 0 Å². The Morgan fingerprint density at radius 1 is 1.15 bits per heavy atom. The number of hydrogen-bond acceptors (Lipinski definition) is 2. The summed E-state index contributed by atoms with van der Waals surface area (Å²) in [6.07, 6.45) is 6.40. The van der Waals surface area contributed by atoms with Crippen molar-refractivity contribution in [1.29, 1.82) is 0 Å². The first-order chi connectivity index (χ1) is 12.8. The molecule has 2 aromatic carbocycles. The van der Waals surface area contributed by atoms with Crippen LogP contribution in [0.1, 0.15) is 11.1 Å². The van der Waals surface area contributed by atoms with E-state index in [9.17, 15) is 0 Å². The average molecular weight is 368 g/mol. The van der Waals surface area contributed by atoms with Crippen molar-refractivity contribution in [2.24, 2.45) is 4.99 Å². The zero-order valence-electron chi connectivity index (χ0n) is 14.7. The van der Waals surface area contributed by atoms with Gasteiger partial charge in [0.25, 0.3) is 0 Å². The predicted octanol–water partition coefficient (Wildman–Crippen LogP) is 3.43. The van der Waals surface area contributed by atoms with Crippen LogP contribution >= 0.6 is 11.6 Å². The Balaban J connectivity index is 1.55. The van der Waals surface area contributed by atoms with Crippen LogP contribution in [0.15, 0.2) is 72.2 Å². The van der Waals surface area contributed by atoms with Gasteiger partial charge < -0.3 is 15.2 Å². The minimum absolute atomic E-state index is 0.672. The van der Waals surface area contributed by atoms with E-state index in [2.05, 4.69) is 38.8 Å². The lowest BCUT2D eigenvalue weighted by Crippen LogP contribution is -2.38. The molecule has 5 nitrogen and oxygen atoms in total. The molecule has 0 atom stereocenters. The van der Waals surface area contributed by atoms with Crippen molar-refractivity contribution in [1.82, 2.24) is 20.2 Å². The average Bonchev–Trinajstić information content (AvgIpc) is 3.19. The van der Waals surface area contributed by atoms with Crippen molar-refractivity contribution >= 4 is 17.6 Å². The molecule has 0 fully saturated rings.